The van der Waals surface area contributed by atoms with E-state index in [9.17, 15) is 4.39 Å². The Morgan fingerprint density at radius 3 is 2.78 bits per heavy atom. The Balaban J connectivity index is 2.22. The van der Waals surface area contributed by atoms with Crippen LogP contribution in [0.5, 0.6) is 0 Å². The molecule has 0 aliphatic rings. The molecule has 0 amide bonds. The van der Waals surface area contributed by atoms with Gasteiger partial charge in [0.2, 0.25) is 0 Å². The van der Waals surface area contributed by atoms with Crippen LogP contribution in [-0.4, -0.2) is 4.98 Å². The summed E-state index contributed by atoms with van der Waals surface area (Å²) in [6.07, 6.45) is 1.75. The Labute approximate surface area is 104 Å². The summed E-state index contributed by atoms with van der Waals surface area (Å²) in [5.41, 5.74) is 8.47. The lowest BCUT2D eigenvalue weighted by atomic mass is 10.0. The van der Waals surface area contributed by atoms with Gasteiger partial charge < -0.3 is 5.73 Å². The molecule has 3 heteroatoms. The summed E-state index contributed by atoms with van der Waals surface area (Å²) in [6, 6.07) is 14.5. The van der Waals surface area contributed by atoms with E-state index in [0.717, 1.165) is 16.5 Å². The van der Waals surface area contributed by atoms with Crippen LogP contribution >= 0.6 is 0 Å². The van der Waals surface area contributed by atoms with Crippen molar-refractivity contribution in [3.8, 4) is 11.1 Å². The van der Waals surface area contributed by atoms with Crippen LogP contribution in [-0.2, 0) is 0 Å². The van der Waals surface area contributed by atoms with Crippen molar-refractivity contribution in [3.05, 3.63) is 60.5 Å². The SMILES string of the molecule is Nc1c(F)cccc1-c1ccc2ncccc2c1. The molecule has 0 spiro atoms. The monoisotopic (exact) mass is 238 g/mol. The standard InChI is InChI=1S/C15H11FN2/c16-13-5-1-4-12(15(13)17)10-6-7-14-11(9-10)3-2-8-18-14/h1-9H,17H2. The molecule has 1 aromatic heterocycles. The van der Waals surface area contributed by atoms with Crippen molar-refractivity contribution in [1.29, 1.82) is 0 Å². The van der Waals surface area contributed by atoms with Gasteiger partial charge in [-0.1, -0.05) is 24.3 Å². The Morgan fingerprint density at radius 2 is 1.89 bits per heavy atom. The number of anilines is 1. The van der Waals surface area contributed by atoms with Crippen LogP contribution in [0.4, 0.5) is 10.1 Å². The number of hydrogen-bond donors (Lipinski definition) is 1. The summed E-state index contributed by atoms with van der Waals surface area (Å²) >= 11 is 0. The fourth-order valence-electron chi connectivity index (χ4n) is 2.03. The van der Waals surface area contributed by atoms with Gasteiger partial charge in [0.25, 0.3) is 0 Å². The number of aromatic nitrogens is 1. The number of pyridine rings is 1. The second-order valence-electron chi connectivity index (χ2n) is 4.11. The third-order valence-corrected chi connectivity index (χ3v) is 2.97. The van der Waals surface area contributed by atoms with E-state index in [1.807, 2.05) is 36.4 Å². The van der Waals surface area contributed by atoms with Crippen LogP contribution in [0.3, 0.4) is 0 Å². The molecule has 0 unspecified atom stereocenters. The van der Waals surface area contributed by atoms with Gasteiger partial charge in [-0.3, -0.25) is 4.98 Å². The highest BCUT2D eigenvalue weighted by atomic mass is 19.1. The summed E-state index contributed by atoms with van der Waals surface area (Å²) in [6.45, 7) is 0. The predicted octanol–water partition coefficient (Wildman–Crippen LogP) is 3.62. The van der Waals surface area contributed by atoms with E-state index in [1.54, 1.807) is 12.3 Å². The largest absolute Gasteiger partial charge is 0.396 e. The molecule has 2 N–H and O–H groups in total. The van der Waals surface area contributed by atoms with Gasteiger partial charge in [0.15, 0.2) is 0 Å². The van der Waals surface area contributed by atoms with Crippen molar-refractivity contribution in [2.75, 3.05) is 5.73 Å². The van der Waals surface area contributed by atoms with Crippen LogP contribution < -0.4 is 5.73 Å². The zero-order chi connectivity index (χ0) is 12.5. The normalized spacial score (nSPS) is 10.7. The second kappa shape index (κ2) is 4.11. The summed E-state index contributed by atoms with van der Waals surface area (Å²) in [7, 11) is 0. The molecule has 0 saturated heterocycles. The molecule has 3 aromatic rings. The van der Waals surface area contributed by atoms with Gasteiger partial charge >= 0.3 is 0 Å². The van der Waals surface area contributed by atoms with Crippen LogP contribution in [0, 0.1) is 5.82 Å². The number of para-hydroxylation sites is 1. The first-order valence-electron chi connectivity index (χ1n) is 5.65. The van der Waals surface area contributed by atoms with Crippen molar-refractivity contribution >= 4 is 16.6 Å². The molecule has 0 bridgehead atoms. The quantitative estimate of drug-likeness (QED) is 0.657. The van der Waals surface area contributed by atoms with Gasteiger partial charge in [-0.05, 0) is 29.8 Å². The molecular weight excluding hydrogens is 227 g/mol. The highest BCUT2D eigenvalue weighted by Crippen LogP contribution is 2.29. The zero-order valence-electron chi connectivity index (χ0n) is 9.60. The molecule has 3 rings (SSSR count). The first-order chi connectivity index (χ1) is 8.75. The van der Waals surface area contributed by atoms with Crippen molar-refractivity contribution in [2.24, 2.45) is 0 Å². The molecule has 0 atom stereocenters. The number of halogens is 1. The van der Waals surface area contributed by atoms with Gasteiger partial charge in [0.1, 0.15) is 5.82 Å². The molecule has 2 aromatic carbocycles. The number of nitrogens with zero attached hydrogens (tertiary/aromatic N) is 1. The minimum Gasteiger partial charge on any atom is -0.396 e. The molecule has 0 fully saturated rings. The average Bonchev–Trinajstić information content (AvgIpc) is 2.41. The van der Waals surface area contributed by atoms with Crippen molar-refractivity contribution in [3.63, 3.8) is 0 Å². The average molecular weight is 238 g/mol. The number of rotatable bonds is 1. The van der Waals surface area contributed by atoms with Crippen molar-refractivity contribution in [1.82, 2.24) is 4.98 Å². The molecular formula is C15H11FN2. The Hall–Kier alpha value is -2.42. The first-order valence-corrected chi connectivity index (χ1v) is 5.65. The Bertz CT molecular complexity index is 723. The molecule has 0 aliphatic heterocycles. The van der Waals surface area contributed by atoms with Gasteiger partial charge in [0, 0.05) is 17.1 Å². The lowest BCUT2D eigenvalue weighted by molar-refractivity contribution is 0.633. The van der Waals surface area contributed by atoms with E-state index in [0.29, 0.717) is 5.56 Å². The minimum absolute atomic E-state index is 0.181. The van der Waals surface area contributed by atoms with E-state index in [4.69, 9.17) is 5.73 Å². The number of nitrogens with two attached hydrogens (primary N) is 1. The number of fused-ring (bicyclic) bond motifs is 1. The fourth-order valence-corrected chi connectivity index (χ4v) is 2.03. The van der Waals surface area contributed by atoms with Crippen molar-refractivity contribution in [2.45, 2.75) is 0 Å². The lowest BCUT2D eigenvalue weighted by Gasteiger charge is -2.07. The molecule has 0 saturated carbocycles. The van der Waals surface area contributed by atoms with Crippen LogP contribution in [0.15, 0.2) is 54.7 Å². The summed E-state index contributed by atoms with van der Waals surface area (Å²) in [4.78, 5) is 4.25. The van der Waals surface area contributed by atoms with Gasteiger partial charge in [-0.25, -0.2) is 4.39 Å². The first kappa shape index (κ1) is 10.7. The highest BCUT2D eigenvalue weighted by molar-refractivity contribution is 5.87. The lowest BCUT2D eigenvalue weighted by Crippen LogP contribution is -1.94. The van der Waals surface area contributed by atoms with Crippen molar-refractivity contribution < 1.29 is 4.39 Å². The molecule has 0 radical (unpaired) electrons. The Morgan fingerprint density at radius 1 is 1.00 bits per heavy atom. The molecule has 88 valence electrons. The van der Waals surface area contributed by atoms with E-state index in [2.05, 4.69) is 4.98 Å². The molecule has 2 nitrogen and oxygen atoms in total. The maximum absolute atomic E-state index is 13.4. The summed E-state index contributed by atoms with van der Waals surface area (Å²) < 4.78 is 13.4. The van der Waals surface area contributed by atoms with Gasteiger partial charge in [0.05, 0.1) is 11.2 Å². The van der Waals surface area contributed by atoms with Crippen LogP contribution in [0.25, 0.3) is 22.0 Å². The maximum atomic E-state index is 13.4. The minimum atomic E-state index is -0.390. The smallest absolute Gasteiger partial charge is 0.146 e. The van der Waals surface area contributed by atoms with E-state index in [1.165, 1.54) is 6.07 Å². The third-order valence-electron chi connectivity index (χ3n) is 2.97. The predicted molar refractivity (Wildman–Crippen MR) is 71.5 cm³/mol. The summed E-state index contributed by atoms with van der Waals surface area (Å²) in [5.74, 6) is -0.390. The topological polar surface area (TPSA) is 38.9 Å². The zero-order valence-corrected chi connectivity index (χ0v) is 9.60. The molecule has 1 heterocycles. The van der Waals surface area contributed by atoms with Gasteiger partial charge in [-0.15, -0.1) is 0 Å². The van der Waals surface area contributed by atoms with Crippen LogP contribution in [0.2, 0.25) is 0 Å². The number of hydrogen-bond acceptors (Lipinski definition) is 2. The van der Waals surface area contributed by atoms with E-state index >= 15 is 0 Å². The fraction of sp³-hybridized carbons (Fsp3) is 0. The summed E-state index contributed by atoms with van der Waals surface area (Å²) in [5, 5.41) is 1.01. The van der Waals surface area contributed by atoms with Crippen LogP contribution in [0.1, 0.15) is 0 Å². The van der Waals surface area contributed by atoms with E-state index < -0.39 is 5.82 Å². The number of nitrogen functional groups attached to an aromatic ring is 1. The maximum Gasteiger partial charge on any atom is 0.146 e. The highest BCUT2D eigenvalue weighted by Gasteiger charge is 2.07. The Kier molecular flexibility index (Phi) is 2.45. The second-order valence-corrected chi connectivity index (χ2v) is 4.11. The molecule has 18 heavy (non-hydrogen) atoms. The van der Waals surface area contributed by atoms with E-state index in [-0.39, 0.29) is 5.69 Å². The third kappa shape index (κ3) is 1.70. The molecule has 0 aliphatic carbocycles. The van der Waals surface area contributed by atoms with Gasteiger partial charge in [-0.2, -0.15) is 0 Å². The number of benzene rings is 2.